The maximum atomic E-state index is 11.4. The molecule has 0 aromatic heterocycles. The minimum absolute atomic E-state index is 0.0500. The van der Waals surface area contributed by atoms with E-state index in [0.29, 0.717) is 6.54 Å². The van der Waals surface area contributed by atoms with E-state index in [1.165, 1.54) is 0 Å². The third-order valence-electron chi connectivity index (χ3n) is 3.53. The maximum Gasteiger partial charge on any atom is 0.238 e. The number of likely N-dealkylation sites (N-methyl/N-ethyl adjacent to an activating group) is 1. The number of nitrogens with zero attached hydrogens (tertiary/aromatic N) is 1. The monoisotopic (exact) mass is 245 g/mol. The van der Waals surface area contributed by atoms with E-state index in [-0.39, 0.29) is 18.1 Å². The van der Waals surface area contributed by atoms with Gasteiger partial charge in [-0.25, -0.2) is 0 Å². The summed E-state index contributed by atoms with van der Waals surface area (Å²) in [6.45, 7) is 3.86. The van der Waals surface area contributed by atoms with Crippen molar-refractivity contribution < 1.29 is 14.3 Å². The smallest absolute Gasteiger partial charge is 0.238 e. The Labute approximate surface area is 102 Å². The molecule has 0 radical (unpaired) electrons. The van der Waals surface area contributed by atoms with E-state index in [4.69, 9.17) is 15.2 Å². The van der Waals surface area contributed by atoms with Gasteiger partial charge in [-0.05, 0) is 14.0 Å². The SMILES string of the molecule is CNC(C)(CN1CC(OC)C(OC)C1)C(N)=O. The lowest BCUT2D eigenvalue weighted by Gasteiger charge is -2.30. The molecule has 0 aromatic rings. The van der Waals surface area contributed by atoms with E-state index in [0.717, 1.165) is 13.1 Å². The first-order valence-electron chi connectivity index (χ1n) is 5.73. The number of amides is 1. The zero-order valence-electron chi connectivity index (χ0n) is 11.0. The molecule has 3 unspecified atom stereocenters. The number of methoxy groups -OCH3 is 2. The fourth-order valence-corrected chi connectivity index (χ4v) is 2.13. The van der Waals surface area contributed by atoms with Gasteiger partial charge >= 0.3 is 0 Å². The lowest BCUT2D eigenvalue weighted by atomic mass is 10.0. The van der Waals surface area contributed by atoms with Gasteiger partial charge in [0.15, 0.2) is 0 Å². The lowest BCUT2D eigenvalue weighted by Crippen LogP contribution is -2.58. The van der Waals surface area contributed by atoms with Crippen molar-refractivity contribution in [1.29, 1.82) is 0 Å². The summed E-state index contributed by atoms with van der Waals surface area (Å²) in [6.07, 6.45) is 0.1000. The summed E-state index contributed by atoms with van der Waals surface area (Å²) in [5.41, 5.74) is 4.68. The topological polar surface area (TPSA) is 76.8 Å². The zero-order chi connectivity index (χ0) is 13.1. The summed E-state index contributed by atoms with van der Waals surface area (Å²) in [6, 6.07) is 0. The van der Waals surface area contributed by atoms with Crippen LogP contribution < -0.4 is 11.1 Å². The van der Waals surface area contributed by atoms with E-state index in [1.807, 2.05) is 0 Å². The number of carbonyl (C=O) groups excluding carboxylic acids is 1. The molecule has 1 saturated heterocycles. The third kappa shape index (κ3) is 3.16. The van der Waals surface area contributed by atoms with Gasteiger partial charge < -0.3 is 20.5 Å². The number of hydrogen-bond donors (Lipinski definition) is 2. The molecule has 6 heteroatoms. The normalized spacial score (nSPS) is 29.2. The van der Waals surface area contributed by atoms with Crippen molar-refractivity contribution in [3.63, 3.8) is 0 Å². The number of likely N-dealkylation sites (tertiary alicyclic amines) is 1. The van der Waals surface area contributed by atoms with Gasteiger partial charge in [-0.1, -0.05) is 0 Å². The van der Waals surface area contributed by atoms with Gasteiger partial charge in [-0.3, -0.25) is 9.69 Å². The Morgan fingerprint density at radius 2 is 1.88 bits per heavy atom. The van der Waals surface area contributed by atoms with Gasteiger partial charge in [-0.2, -0.15) is 0 Å². The number of primary amides is 1. The number of rotatable bonds is 6. The first-order valence-corrected chi connectivity index (χ1v) is 5.73. The van der Waals surface area contributed by atoms with Gasteiger partial charge in [0.25, 0.3) is 0 Å². The van der Waals surface area contributed by atoms with Crippen LogP contribution in [0, 0.1) is 0 Å². The van der Waals surface area contributed by atoms with Gasteiger partial charge in [0.05, 0.1) is 12.2 Å². The van der Waals surface area contributed by atoms with Crippen molar-refractivity contribution in [2.75, 3.05) is 40.9 Å². The molecule has 0 spiro atoms. The second-order valence-electron chi connectivity index (χ2n) is 4.69. The fraction of sp³-hybridized carbons (Fsp3) is 0.909. The molecule has 1 heterocycles. The average Bonchev–Trinajstić information content (AvgIpc) is 2.70. The van der Waals surface area contributed by atoms with Crippen LogP contribution in [-0.2, 0) is 14.3 Å². The summed E-state index contributed by atoms with van der Waals surface area (Å²) in [4.78, 5) is 13.5. The van der Waals surface area contributed by atoms with Crippen LogP contribution >= 0.6 is 0 Å². The van der Waals surface area contributed by atoms with Crippen LogP contribution in [0.15, 0.2) is 0 Å². The van der Waals surface area contributed by atoms with E-state index >= 15 is 0 Å². The van der Waals surface area contributed by atoms with E-state index in [1.54, 1.807) is 28.2 Å². The molecular formula is C11H23N3O3. The third-order valence-corrected chi connectivity index (χ3v) is 3.53. The van der Waals surface area contributed by atoms with Crippen LogP contribution in [0.3, 0.4) is 0 Å². The predicted molar refractivity (Wildman–Crippen MR) is 64.7 cm³/mol. The Bertz CT molecular complexity index is 263. The molecule has 100 valence electrons. The number of carbonyl (C=O) groups is 1. The van der Waals surface area contributed by atoms with Crippen LogP contribution in [0.4, 0.5) is 0 Å². The highest BCUT2D eigenvalue weighted by atomic mass is 16.5. The van der Waals surface area contributed by atoms with Crippen molar-refractivity contribution >= 4 is 5.91 Å². The molecule has 1 rings (SSSR count). The Hall–Kier alpha value is -0.690. The molecule has 6 nitrogen and oxygen atoms in total. The fourth-order valence-electron chi connectivity index (χ4n) is 2.13. The minimum Gasteiger partial charge on any atom is -0.377 e. The minimum atomic E-state index is -0.721. The molecule has 1 aliphatic heterocycles. The molecule has 1 aliphatic rings. The second kappa shape index (κ2) is 5.77. The van der Waals surface area contributed by atoms with Crippen molar-refractivity contribution in [3.8, 4) is 0 Å². The number of nitrogens with two attached hydrogens (primary N) is 1. The second-order valence-corrected chi connectivity index (χ2v) is 4.69. The molecule has 3 N–H and O–H groups in total. The molecule has 17 heavy (non-hydrogen) atoms. The van der Waals surface area contributed by atoms with Crippen LogP contribution in [0.5, 0.6) is 0 Å². The summed E-state index contributed by atoms with van der Waals surface area (Å²) in [7, 11) is 5.08. The molecule has 0 saturated carbocycles. The Balaban J connectivity index is 2.62. The van der Waals surface area contributed by atoms with Gasteiger partial charge in [0.2, 0.25) is 5.91 Å². The highest BCUT2D eigenvalue weighted by Gasteiger charge is 2.38. The predicted octanol–water partition coefficient (Wildman–Crippen LogP) is -1.20. The van der Waals surface area contributed by atoms with E-state index in [2.05, 4.69) is 10.2 Å². The van der Waals surface area contributed by atoms with Crippen molar-refractivity contribution in [2.45, 2.75) is 24.7 Å². The molecular weight excluding hydrogens is 222 g/mol. The summed E-state index contributed by atoms with van der Waals surface area (Å²) in [5.74, 6) is -0.352. The first kappa shape index (κ1) is 14.4. The van der Waals surface area contributed by atoms with Crippen molar-refractivity contribution in [1.82, 2.24) is 10.2 Å². The average molecular weight is 245 g/mol. The number of hydrogen-bond acceptors (Lipinski definition) is 5. The number of nitrogens with one attached hydrogen (secondary N) is 1. The Morgan fingerprint density at radius 3 is 2.18 bits per heavy atom. The van der Waals surface area contributed by atoms with E-state index < -0.39 is 5.54 Å². The van der Waals surface area contributed by atoms with Crippen LogP contribution in [-0.4, -0.2) is 69.5 Å². The van der Waals surface area contributed by atoms with Crippen molar-refractivity contribution in [3.05, 3.63) is 0 Å². The van der Waals surface area contributed by atoms with Crippen LogP contribution in [0.1, 0.15) is 6.92 Å². The van der Waals surface area contributed by atoms with E-state index in [9.17, 15) is 4.79 Å². The zero-order valence-corrected chi connectivity index (χ0v) is 11.0. The standard InChI is InChI=1S/C11H23N3O3/c1-11(13-2,10(12)15)7-14-5-8(16-3)9(6-14)17-4/h8-9,13H,5-7H2,1-4H3,(H2,12,15). The Morgan fingerprint density at radius 1 is 1.41 bits per heavy atom. The van der Waals surface area contributed by atoms with Gasteiger partial charge in [0, 0.05) is 33.9 Å². The van der Waals surface area contributed by atoms with Crippen LogP contribution in [0.25, 0.3) is 0 Å². The number of ether oxygens (including phenoxy) is 2. The largest absolute Gasteiger partial charge is 0.377 e. The highest BCUT2D eigenvalue weighted by Crippen LogP contribution is 2.18. The highest BCUT2D eigenvalue weighted by molar-refractivity contribution is 5.84. The maximum absolute atomic E-state index is 11.4. The molecule has 1 amide bonds. The molecule has 0 aromatic carbocycles. The molecule has 0 bridgehead atoms. The van der Waals surface area contributed by atoms with Gasteiger partial charge in [-0.15, -0.1) is 0 Å². The van der Waals surface area contributed by atoms with Crippen LogP contribution in [0.2, 0.25) is 0 Å². The van der Waals surface area contributed by atoms with Crippen molar-refractivity contribution in [2.24, 2.45) is 5.73 Å². The summed E-state index contributed by atoms with van der Waals surface area (Å²) in [5, 5.41) is 2.97. The molecule has 0 aliphatic carbocycles. The molecule has 1 fully saturated rings. The van der Waals surface area contributed by atoms with Gasteiger partial charge in [0.1, 0.15) is 5.54 Å². The lowest BCUT2D eigenvalue weighted by molar-refractivity contribution is -0.124. The summed E-state index contributed by atoms with van der Waals surface area (Å²) < 4.78 is 10.7. The first-order chi connectivity index (χ1) is 7.96. The quantitative estimate of drug-likeness (QED) is 0.614. The Kier molecular flexibility index (Phi) is 4.88. The summed E-state index contributed by atoms with van der Waals surface area (Å²) >= 11 is 0. The molecule has 3 atom stereocenters.